The van der Waals surface area contributed by atoms with Gasteiger partial charge in [0.2, 0.25) is 10.0 Å². The fourth-order valence-electron chi connectivity index (χ4n) is 4.37. The highest BCUT2D eigenvalue weighted by Gasteiger charge is 2.30. The van der Waals surface area contributed by atoms with Gasteiger partial charge in [-0.05, 0) is 55.5 Å². The molecule has 0 spiro atoms. The highest BCUT2D eigenvalue weighted by molar-refractivity contribution is 7.89. The van der Waals surface area contributed by atoms with Crippen LogP contribution in [0.25, 0.3) is 11.0 Å². The Balaban J connectivity index is 1.50. The van der Waals surface area contributed by atoms with Crippen molar-refractivity contribution >= 4 is 38.6 Å². The lowest BCUT2D eigenvalue weighted by Crippen LogP contribution is -2.36. The summed E-state index contributed by atoms with van der Waals surface area (Å²) in [6.45, 7) is 1.84. The number of nitrogens with one attached hydrogen (secondary N) is 1. The molecule has 0 saturated carbocycles. The molecule has 5 rings (SSSR count). The number of esters is 1. The summed E-state index contributed by atoms with van der Waals surface area (Å²) >= 11 is 6.45. The molecule has 7 nitrogen and oxygen atoms in total. The van der Waals surface area contributed by atoms with Gasteiger partial charge in [0, 0.05) is 17.0 Å². The molecule has 0 unspecified atom stereocenters. The Bertz CT molecular complexity index is 1630. The third kappa shape index (κ3) is 4.67. The molecule has 0 bridgehead atoms. The Labute approximate surface area is 212 Å². The van der Waals surface area contributed by atoms with Crippen molar-refractivity contribution in [2.75, 3.05) is 0 Å². The van der Waals surface area contributed by atoms with Gasteiger partial charge in [0.05, 0.1) is 9.92 Å². The smallest absolute Gasteiger partial charge is 0.339 e. The van der Waals surface area contributed by atoms with Crippen LogP contribution >= 0.6 is 11.6 Å². The summed E-state index contributed by atoms with van der Waals surface area (Å²) in [7, 11) is -4.06. The highest BCUT2D eigenvalue weighted by Crippen LogP contribution is 2.35. The quantitative estimate of drug-likeness (QED) is 0.220. The van der Waals surface area contributed by atoms with Crippen LogP contribution in [0.3, 0.4) is 0 Å². The summed E-state index contributed by atoms with van der Waals surface area (Å²) in [5.74, 6) is -0.924. The second kappa shape index (κ2) is 9.54. The molecule has 9 heteroatoms. The maximum absolute atomic E-state index is 13.3. The third-order valence-electron chi connectivity index (χ3n) is 6.21. The van der Waals surface area contributed by atoms with E-state index in [9.17, 15) is 18.0 Å². The molecule has 0 aliphatic heterocycles. The van der Waals surface area contributed by atoms with E-state index >= 15 is 0 Å². The van der Waals surface area contributed by atoms with E-state index in [-0.39, 0.29) is 21.3 Å². The Hall–Kier alpha value is -3.46. The lowest BCUT2D eigenvalue weighted by molar-refractivity contribution is -0.136. The normalized spacial score (nSPS) is 13.9. The van der Waals surface area contributed by atoms with E-state index in [0.29, 0.717) is 22.9 Å². The number of ether oxygens (including phenoxy) is 1. The lowest BCUT2D eigenvalue weighted by atomic mass is 10.1. The number of sulfonamides is 1. The van der Waals surface area contributed by atoms with E-state index in [1.165, 1.54) is 18.2 Å². The topological polar surface area (TPSA) is 103 Å². The summed E-state index contributed by atoms with van der Waals surface area (Å²) in [5, 5.41) is 0.846. The fraction of sp³-hybridized carbons (Fsp3) is 0.185. The first-order valence-corrected chi connectivity index (χ1v) is 13.2. The van der Waals surface area contributed by atoms with Gasteiger partial charge in [-0.25, -0.2) is 18.0 Å². The fourth-order valence-corrected chi connectivity index (χ4v) is 5.74. The molecule has 4 aromatic rings. The average Bonchev–Trinajstić information content (AvgIpc) is 3.36. The maximum atomic E-state index is 13.3. The Kier molecular flexibility index (Phi) is 6.42. The van der Waals surface area contributed by atoms with Gasteiger partial charge in [0.15, 0.2) is 5.75 Å². The first-order chi connectivity index (χ1) is 17.2. The number of carbonyl (C=O) groups excluding carboxylic acids is 1. The van der Waals surface area contributed by atoms with Crippen LogP contribution in [0.5, 0.6) is 5.75 Å². The standard InChI is InChI=1S/C27H22ClNO6S/c1-16-10-12-18(13-11-16)36(32,33)29-25(17-6-3-2-4-7-17)27(31)35-24-15-23-21(14-22(24)28)19-8-5-9-20(19)26(30)34-23/h2-4,6-7,10-15,25,29H,5,8-9H2,1H3/t25-/m1/s1. The van der Waals surface area contributed by atoms with Crippen LogP contribution < -0.4 is 15.1 Å². The summed E-state index contributed by atoms with van der Waals surface area (Å²) in [6, 6.07) is 16.3. The number of hydrogen-bond donors (Lipinski definition) is 1. The summed E-state index contributed by atoms with van der Waals surface area (Å²) < 4.78 is 39.6. The monoisotopic (exact) mass is 523 g/mol. The zero-order valence-electron chi connectivity index (χ0n) is 19.3. The second-order valence-corrected chi connectivity index (χ2v) is 10.8. The molecule has 36 heavy (non-hydrogen) atoms. The van der Waals surface area contributed by atoms with Crippen molar-refractivity contribution in [3.05, 3.63) is 104 Å². The van der Waals surface area contributed by atoms with Crippen LogP contribution in [0.4, 0.5) is 0 Å². The zero-order valence-corrected chi connectivity index (χ0v) is 20.9. The Morgan fingerprint density at radius 1 is 1.03 bits per heavy atom. The van der Waals surface area contributed by atoms with Crippen molar-refractivity contribution in [3.63, 3.8) is 0 Å². The third-order valence-corrected chi connectivity index (χ3v) is 7.94. The van der Waals surface area contributed by atoms with Crippen molar-refractivity contribution in [1.29, 1.82) is 0 Å². The SMILES string of the molecule is Cc1ccc(S(=O)(=O)N[C@@H](C(=O)Oc2cc3oc(=O)c4c(c3cc2Cl)CCC4)c2ccccc2)cc1. The molecule has 1 aliphatic carbocycles. The van der Waals surface area contributed by atoms with Crippen LogP contribution in [0.2, 0.25) is 5.02 Å². The summed E-state index contributed by atoms with van der Waals surface area (Å²) in [6.07, 6.45) is 2.25. The first kappa shape index (κ1) is 24.2. The van der Waals surface area contributed by atoms with E-state index < -0.39 is 27.7 Å². The molecule has 0 fully saturated rings. The van der Waals surface area contributed by atoms with Crippen molar-refractivity contribution in [2.24, 2.45) is 0 Å². The van der Waals surface area contributed by atoms with E-state index in [4.69, 9.17) is 20.8 Å². The lowest BCUT2D eigenvalue weighted by Gasteiger charge is -2.19. The minimum Gasteiger partial charge on any atom is -0.423 e. The number of halogens is 1. The van der Waals surface area contributed by atoms with Crippen molar-refractivity contribution in [2.45, 2.75) is 37.1 Å². The van der Waals surface area contributed by atoms with Gasteiger partial charge in [-0.3, -0.25) is 0 Å². The first-order valence-electron chi connectivity index (χ1n) is 11.4. The van der Waals surface area contributed by atoms with Crippen LogP contribution in [-0.2, 0) is 27.7 Å². The second-order valence-electron chi connectivity index (χ2n) is 8.68. The Morgan fingerprint density at radius 2 is 1.72 bits per heavy atom. The largest absolute Gasteiger partial charge is 0.423 e. The number of benzene rings is 3. The average molecular weight is 524 g/mol. The van der Waals surface area contributed by atoms with Gasteiger partial charge in [-0.15, -0.1) is 0 Å². The molecule has 1 N–H and O–H groups in total. The van der Waals surface area contributed by atoms with Gasteiger partial charge < -0.3 is 9.15 Å². The van der Waals surface area contributed by atoms with Gasteiger partial charge >= 0.3 is 11.6 Å². The van der Waals surface area contributed by atoms with Gasteiger partial charge in [0.1, 0.15) is 11.6 Å². The minimum atomic E-state index is -4.06. The number of aryl methyl sites for hydroxylation is 2. The molecule has 1 heterocycles. The molecular weight excluding hydrogens is 502 g/mol. The number of fused-ring (bicyclic) bond motifs is 3. The van der Waals surface area contributed by atoms with Crippen LogP contribution in [0, 0.1) is 6.92 Å². The van der Waals surface area contributed by atoms with Gasteiger partial charge in [-0.2, -0.15) is 4.72 Å². The molecule has 184 valence electrons. The van der Waals surface area contributed by atoms with E-state index in [1.807, 2.05) is 6.92 Å². The minimum absolute atomic E-state index is 0.0150. The highest BCUT2D eigenvalue weighted by atomic mass is 35.5. The molecule has 1 aliphatic rings. The van der Waals surface area contributed by atoms with E-state index in [1.54, 1.807) is 48.5 Å². The molecule has 0 radical (unpaired) electrons. The molecule has 3 aromatic carbocycles. The van der Waals surface area contributed by atoms with Gasteiger partial charge in [-0.1, -0.05) is 59.6 Å². The molecule has 0 saturated heterocycles. The summed E-state index contributed by atoms with van der Waals surface area (Å²) in [5.41, 5.74) is 2.68. The van der Waals surface area contributed by atoms with Crippen LogP contribution in [-0.4, -0.2) is 14.4 Å². The molecule has 0 amide bonds. The molecular formula is C27H22ClNO6S. The van der Waals surface area contributed by atoms with Crippen LogP contribution in [0.15, 0.2) is 80.8 Å². The van der Waals surface area contributed by atoms with Crippen molar-refractivity contribution in [3.8, 4) is 5.75 Å². The predicted molar refractivity (Wildman–Crippen MR) is 136 cm³/mol. The van der Waals surface area contributed by atoms with Crippen molar-refractivity contribution < 1.29 is 22.4 Å². The predicted octanol–water partition coefficient (Wildman–Crippen LogP) is 4.87. The van der Waals surface area contributed by atoms with E-state index in [2.05, 4.69) is 4.72 Å². The molecule has 1 aromatic heterocycles. The molecule has 1 atom stereocenters. The number of hydrogen-bond acceptors (Lipinski definition) is 6. The van der Waals surface area contributed by atoms with Crippen LogP contribution in [0.1, 0.15) is 34.7 Å². The Morgan fingerprint density at radius 3 is 2.44 bits per heavy atom. The van der Waals surface area contributed by atoms with Crippen molar-refractivity contribution in [1.82, 2.24) is 4.72 Å². The van der Waals surface area contributed by atoms with E-state index in [0.717, 1.165) is 24.0 Å². The zero-order chi connectivity index (χ0) is 25.4. The van der Waals surface area contributed by atoms with Gasteiger partial charge in [0.25, 0.3) is 0 Å². The summed E-state index contributed by atoms with van der Waals surface area (Å²) in [4.78, 5) is 25.7. The number of rotatable bonds is 6. The number of carbonyl (C=O) groups is 1. The maximum Gasteiger partial charge on any atom is 0.339 e.